The molecular formula is C19H15N5O3. The van der Waals surface area contributed by atoms with Gasteiger partial charge in [0, 0.05) is 30.0 Å². The van der Waals surface area contributed by atoms with Crippen molar-refractivity contribution in [3.63, 3.8) is 0 Å². The van der Waals surface area contributed by atoms with Gasteiger partial charge in [-0.1, -0.05) is 12.1 Å². The molecule has 1 N–H and O–H groups in total. The van der Waals surface area contributed by atoms with Crippen molar-refractivity contribution in [3.8, 4) is 11.5 Å². The zero-order valence-corrected chi connectivity index (χ0v) is 14.2. The highest BCUT2D eigenvalue weighted by molar-refractivity contribution is 6.04. The van der Waals surface area contributed by atoms with Gasteiger partial charge in [-0.15, -0.1) is 0 Å². The summed E-state index contributed by atoms with van der Waals surface area (Å²) in [4.78, 5) is 38.2. The first-order valence-electron chi connectivity index (χ1n) is 8.30. The number of rotatable bonds is 4. The number of pyridine rings is 1. The number of nitrogens with one attached hydrogen (secondary N) is 1. The van der Waals surface area contributed by atoms with Crippen LogP contribution in [0.5, 0.6) is 0 Å². The number of aromatic nitrogens is 3. The van der Waals surface area contributed by atoms with Gasteiger partial charge in [-0.05, 0) is 30.3 Å². The summed E-state index contributed by atoms with van der Waals surface area (Å²) in [7, 11) is 0. The fourth-order valence-corrected chi connectivity index (χ4v) is 2.66. The zero-order valence-electron chi connectivity index (χ0n) is 14.2. The Labute approximate surface area is 154 Å². The third-order valence-electron chi connectivity index (χ3n) is 3.98. The maximum Gasteiger partial charge on any atom is 0.414 e. The lowest BCUT2D eigenvalue weighted by molar-refractivity contribution is 0.102. The van der Waals surface area contributed by atoms with E-state index < -0.39 is 6.09 Å². The number of anilines is 2. The summed E-state index contributed by atoms with van der Waals surface area (Å²) in [6, 6.07) is 12.4. The molecule has 1 saturated heterocycles. The van der Waals surface area contributed by atoms with E-state index in [9.17, 15) is 9.59 Å². The average molecular weight is 361 g/mol. The van der Waals surface area contributed by atoms with Gasteiger partial charge in [0.1, 0.15) is 12.3 Å². The minimum Gasteiger partial charge on any atom is -0.447 e. The van der Waals surface area contributed by atoms with Crippen molar-refractivity contribution in [2.24, 2.45) is 0 Å². The molecule has 0 spiro atoms. The summed E-state index contributed by atoms with van der Waals surface area (Å²) < 4.78 is 4.94. The molecule has 0 unspecified atom stereocenters. The van der Waals surface area contributed by atoms with Crippen LogP contribution < -0.4 is 10.2 Å². The molecule has 0 aliphatic carbocycles. The van der Waals surface area contributed by atoms with E-state index in [0.29, 0.717) is 41.6 Å². The molecule has 3 aromatic rings. The maximum atomic E-state index is 12.4. The van der Waals surface area contributed by atoms with E-state index in [0.717, 1.165) is 0 Å². The highest BCUT2D eigenvalue weighted by Crippen LogP contribution is 2.22. The minimum atomic E-state index is -0.392. The maximum absolute atomic E-state index is 12.4. The van der Waals surface area contributed by atoms with Crippen LogP contribution in [-0.4, -0.2) is 40.1 Å². The van der Waals surface area contributed by atoms with Crippen molar-refractivity contribution < 1.29 is 14.3 Å². The van der Waals surface area contributed by atoms with Crippen LogP contribution in [0.4, 0.5) is 16.2 Å². The molecule has 0 saturated carbocycles. The predicted molar refractivity (Wildman–Crippen MR) is 98.4 cm³/mol. The second-order valence-corrected chi connectivity index (χ2v) is 5.78. The Balaban J connectivity index is 1.48. The van der Waals surface area contributed by atoms with E-state index in [4.69, 9.17) is 4.74 Å². The lowest BCUT2D eigenvalue weighted by Crippen LogP contribution is -2.23. The number of amides is 2. The second-order valence-electron chi connectivity index (χ2n) is 5.78. The van der Waals surface area contributed by atoms with Gasteiger partial charge < -0.3 is 10.1 Å². The van der Waals surface area contributed by atoms with Crippen molar-refractivity contribution in [1.82, 2.24) is 15.0 Å². The molecule has 0 radical (unpaired) electrons. The van der Waals surface area contributed by atoms with Crippen LogP contribution in [0.1, 0.15) is 10.4 Å². The number of hydrogen-bond acceptors (Lipinski definition) is 6. The Morgan fingerprint density at radius 2 is 1.93 bits per heavy atom. The number of carbonyl (C=O) groups excluding carboxylic acids is 2. The van der Waals surface area contributed by atoms with Crippen LogP contribution in [0.15, 0.2) is 61.1 Å². The van der Waals surface area contributed by atoms with Gasteiger partial charge in [-0.3, -0.25) is 14.7 Å². The predicted octanol–water partition coefficient (Wildman–Crippen LogP) is 2.75. The van der Waals surface area contributed by atoms with Crippen LogP contribution in [0.25, 0.3) is 11.5 Å². The number of cyclic esters (lactones) is 1. The molecule has 8 heteroatoms. The Morgan fingerprint density at radius 3 is 2.63 bits per heavy atom. The van der Waals surface area contributed by atoms with Crippen LogP contribution in [0, 0.1) is 0 Å². The van der Waals surface area contributed by atoms with Gasteiger partial charge in [0.05, 0.1) is 12.1 Å². The van der Waals surface area contributed by atoms with Gasteiger partial charge in [-0.2, -0.15) is 0 Å². The molecule has 27 heavy (non-hydrogen) atoms. The number of ether oxygens (including phenoxy) is 1. The summed E-state index contributed by atoms with van der Waals surface area (Å²) >= 11 is 0. The Hall–Kier alpha value is -3.81. The van der Waals surface area contributed by atoms with E-state index in [1.165, 1.54) is 17.3 Å². The molecule has 2 amide bonds. The second kappa shape index (κ2) is 7.20. The Kier molecular flexibility index (Phi) is 4.44. The van der Waals surface area contributed by atoms with Gasteiger partial charge in [0.25, 0.3) is 5.91 Å². The fraction of sp³-hybridized carbons (Fsp3) is 0.105. The highest BCUT2D eigenvalue weighted by atomic mass is 16.6. The fourth-order valence-electron chi connectivity index (χ4n) is 2.66. The third kappa shape index (κ3) is 3.59. The van der Waals surface area contributed by atoms with Gasteiger partial charge in [0.15, 0.2) is 5.82 Å². The first kappa shape index (κ1) is 16.6. The number of carbonyl (C=O) groups is 2. The van der Waals surface area contributed by atoms with E-state index >= 15 is 0 Å². The molecular weight excluding hydrogens is 346 g/mol. The van der Waals surface area contributed by atoms with Crippen LogP contribution in [-0.2, 0) is 4.74 Å². The standard InChI is InChI=1S/C19H15N5O3/c25-18(13-11-21-17(22-12-13)16-6-1-2-7-20-16)23-14-4-3-5-15(10-14)24-8-9-27-19(24)26/h1-7,10-12H,8-9H2,(H,23,25). The van der Waals surface area contributed by atoms with Crippen LogP contribution >= 0.6 is 0 Å². The first-order chi connectivity index (χ1) is 13.2. The molecule has 8 nitrogen and oxygen atoms in total. The monoisotopic (exact) mass is 361 g/mol. The molecule has 4 rings (SSSR count). The largest absolute Gasteiger partial charge is 0.447 e. The quantitative estimate of drug-likeness (QED) is 0.767. The molecule has 1 fully saturated rings. The topological polar surface area (TPSA) is 97.3 Å². The highest BCUT2D eigenvalue weighted by Gasteiger charge is 2.23. The minimum absolute atomic E-state index is 0.320. The van der Waals surface area contributed by atoms with Gasteiger partial charge in [0.2, 0.25) is 0 Å². The molecule has 1 aromatic carbocycles. The number of nitrogens with zero attached hydrogens (tertiary/aromatic N) is 4. The van der Waals surface area contributed by atoms with Gasteiger partial charge in [-0.25, -0.2) is 14.8 Å². The SMILES string of the molecule is O=C(Nc1cccc(N2CCOC2=O)c1)c1cnc(-c2ccccn2)nc1. The summed E-state index contributed by atoms with van der Waals surface area (Å²) in [6.07, 6.45) is 4.17. The van der Waals surface area contributed by atoms with Crippen molar-refractivity contribution in [3.05, 3.63) is 66.6 Å². The summed E-state index contributed by atoms with van der Waals surface area (Å²) in [5.41, 5.74) is 2.18. The molecule has 0 bridgehead atoms. The van der Waals surface area contributed by atoms with Crippen molar-refractivity contribution in [1.29, 1.82) is 0 Å². The zero-order chi connectivity index (χ0) is 18.6. The van der Waals surface area contributed by atoms with Crippen molar-refractivity contribution >= 4 is 23.4 Å². The lowest BCUT2D eigenvalue weighted by Gasteiger charge is -2.14. The molecule has 1 aliphatic heterocycles. The van der Waals surface area contributed by atoms with E-state index in [-0.39, 0.29) is 5.91 Å². The summed E-state index contributed by atoms with van der Waals surface area (Å²) in [5, 5.41) is 2.78. The molecule has 3 heterocycles. The molecule has 2 aromatic heterocycles. The number of benzene rings is 1. The Bertz CT molecular complexity index is 976. The van der Waals surface area contributed by atoms with Crippen LogP contribution in [0.3, 0.4) is 0 Å². The van der Waals surface area contributed by atoms with E-state index in [1.54, 1.807) is 42.6 Å². The number of hydrogen-bond donors (Lipinski definition) is 1. The molecule has 0 atom stereocenters. The average Bonchev–Trinajstić information content (AvgIpc) is 3.15. The van der Waals surface area contributed by atoms with Crippen LogP contribution in [0.2, 0.25) is 0 Å². The Morgan fingerprint density at radius 1 is 1.07 bits per heavy atom. The van der Waals surface area contributed by atoms with E-state index in [2.05, 4.69) is 20.3 Å². The summed E-state index contributed by atoms with van der Waals surface area (Å²) in [6.45, 7) is 0.842. The normalized spacial score (nSPS) is 13.3. The van der Waals surface area contributed by atoms with Crippen molar-refractivity contribution in [2.75, 3.05) is 23.4 Å². The van der Waals surface area contributed by atoms with Gasteiger partial charge >= 0.3 is 6.09 Å². The third-order valence-corrected chi connectivity index (χ3v) is 3.98. The smallest absolute Gasteiger partial charge is 0.414 e. The molecule has 134 valence electrons. The first-order valence-corrected chi connectivity index (χ1v) is 8.30. The lowest BCUT2D eigenvalue weighted by atomic mass is 10.2. The van der Waals surface area contributed by atoms with Crippen molar-refractivity contribution in [2.45, 2.75) is 0 Å². The summed E-state index contributed by atoms with van der Waals surface area (Å²) in [5.74, 6) is 0.102. The van der Waals surface area contributed by atoms with E-state index in [1.807, 2.05) is 6.07 Å². The molecule has 1 aliphatic rings.